The summed E-state index contributed by atoms with van der Waals surface area (Å²) >= 11 is 0. The number of methoxy groups -OCH3 is 1. The van der Waals surface area contributed by atoms with Gasteiger partial charge in [0.25, 0.3) is 0 Å². The van der Waals surface area contributed by atoms with E-state index in [0.29, 0.717) is 18.8 Å². The number of rotatable bonds is 4. The van der Waals surface area contributed by atoms with Crippen LogP contribution < -0.4 is 14.5 Å². The molecule has 0 amide bonds. The molecule has 25 heavy (non-hydrogen) atoms. The Kier molecular flexibility index (Phi) is 4.52. The van der Waals surface area contributed by atoms with Gasteiger partial charge in [0, 0.05) is 27.2 Å². The molecule has 1 aromatic heterocycles. The van der Waals surface area contributed by atoms with E-state index in [1.807, 2.05) is 35.5 Å². The monoisotopic (exact) mass is 348 g/mol. The van der Waals surface area contributed by atoms with Crippen molar-refractivity contribution >= 4 is 17.6 Å². The molecule has 0 saturated heterocycles. The van der Waals surface area contributed by atoms with Crippen molar-refractivity contribution in [1.82, 2.24) is 9.55 Å². The van der Waals surface area contributed by atoms with Gasteiger partial charge in [-0.1, -0.05) is 0 Å². The maximum absolute atomic E-state index is 13.6. The van der Waals surface area contributed by atoms with Crippen molar-refractivity contribution in [3.63, 3.8) is 0 Å². The Balaban J connectivity index is 1.93. The highest BCUT2D eigenvalue weighted by molar-refractivity contribution is 5.78. The van der Waals surface area contributed by atoms with E-state index in [9.17, 15) is 9.18 Å². The Hall–Kier alpha value is -2.77. The molecular formula is C17H21FN4O3. The first-order valence-electron chi connectivity index (χ1n) is 7.87. The van der Waals surface area contributed by atoms with E-state index in [-0.39, 0.29) is 0 Å². The van der Waals surface area contributed by atoms with Crippen LogP contribution in [0.4, 0.5) is 16.0 Å². The molecule has 0 aliphatic carbocycles. The lowest BCUT2D eigenvalue weighted by molar-refractivity contribution is -0.148. The zero-order valence-corrected chi connectivity index (χ0v) is 14.7. The third kappa shape index (κ3) is 3.24. The predicted molar refractivity (Wildman–Crippen MR) is 91.4 cm³/mol. The van der Waals surface area contributed by atoms with E-state index in [0.717, 1.165) is 17.3 Å². The van der Waals surface area contributed by atoms with Crippen LogP contribution in [0.3, 0.4) is 0 Å². The first kappa shape index (κ1) is 17.1. The van der Waals surface area contributed by atoms with Gasteiger partial charge in [-0.15, -0.1) is 0 Å². The highest BCUT2D eigenvalue weighted by Crippen LogP contribution is 2.35. The Bertz CT molecular complexity index is 790. The molecule has 2 heterocycles. The molecule has 1 aliphatic heterocycles. The van der Waals surface area contributed by atoms with E-state index < -0.39 is 17.9 Å². The largest absolute Gasteiger partial charge is 0.475 e. The summed E-state index contributed by atoms with van der Waals surface area (Å²) in [7, 11) is 7.08. The molecule has 1 aliphatic rings. The molecule has 7 nitrogen and oxygen atoms in total. The van der Waals surface area contributed by atoms with Gasteiger partial charge in [0.15, 0.2) is 0 Å². The second kappa shape index (κ2) is 6.62. The van der Waals surface area contributed by atoms with Crippen LogP contribution in [0.1, 0.15) is 5.69 Å². The van der Waals surface area contributed by atoms with Crippen molar-refractivity contribution < 1.29 is 18.7 Å². The van der Waals surface area contributed by atoms with Crippen molar-refractivity contribution in [3.05, 3.63) is 35.9 Å². The number of carbonyl (C=O) groups is 1. The Morgan fingerprint density at radius 3 is 2.88 bits per heavy atom. The second-order valence-electron chi connectivity index (χ2n) is 6.13. The van der Waals surface area contributed by atoms with Gasteiger partial charge in [-0.05, 0) is 12.1 Å². The number of benzene rings is 1. The summed E-state index contributed by atoms with van der Waals surface area (Å²) in [5.41, 5.74) is 1.69. The molecule has 1 aromatic carbocycles. The minimum Gasteiger partial charge on any atom is -0.475 e. The lowest BCUT2D eigenvalue weighted by atomic mass is 10.1. The van der Waals surface area contributed by atoms with Crippen LogP contribution in [0.2, 0.25) is 0 Å². The van der Waals surface area contributed by atoms with E-state index >= 15 is 0 Å². The maximum atomic E-state index is 13.6. The van der Waals surface area contributed by atoms with Gasteiger partial charge in [-0.3, -0.25) is 0 Å². The van der Waals surface area contributed by atoms with Crippen molar-refractivity contribution in [2.24, 2.45) is 7.05 Å². The molecular weight excluding hydrogens is 327 g/mol. The van der Waals surface area contributed by atoms with Crippen LogP contribution in [-0.4, -0.2) is 49.4 Å². The number of hydrogen-bond acceptors (Lipinski definition) is 6. The summed E-state index contributed by atoms with van der Waals surface area (Å²) in [6.07, 6.45) is 0.988. The summed E-state index contributed by atoms with van der Waals surface area (Å²) in [5.74, 6) is 0.252. The molecule has 2 aromatic rings. The number of halogens is 1. The van der Waals surface area contributed by atoms with Gasteiger partial charge < -0.3 is 23.8 Å². The Labute approximate surface area is 145 Å². The Morgan fingerprint density at radius 1 is 1.48 bits per heavy atom. The molecule has 0 N–H and O–H groups in total. The van der Waals surface area contributed by atoms with Crippen LogP contribution in [0.5, 0.6) is 5.75 Å². The summed E-state index contributed by atoms with van der Waals surface area (Å²) < 4.78 is 26.0. The van der Waals surface area contributed by atoms with Gasteiger partial charge >= 0.3 is 5.97 Å². The van der Waals surface area contributed by atoms with E-state index in [2.05, 4.69) is 4.98 Å². The molecule has 0 spiro atoms. The number of esters is 1. The van der Waals surface area contributed by atoms with Gasteiger partial charge in [0.05, 0.1) is 37.8 Å². The third-order valence-corrected chi connectivity index (χ3v) is 4.19. The van der Waals surface area contributed by atoms with Crippen LogP contribution in [-0.2, 0) is 23.1 Å². The van der Waals surface area contributed by atoms with Crippen LogP contribution in [0.25, 0.3) is 0 Å². The standard InChI is InChI=1S/C17H21FN4O3/c1-20(2)17-19-8-12(21(17)3)9-22-10-15(16(23)24-4)25-14-7-11(18)5-6-13(14)22/h5-8,15H,9-10H2,1-4H3. The smallest absolute Gasteiger partial charge is 0.348 e. The summed E-state index contributed by atoms with van der Waals surface area (Å²) in [6, 6.07) is 4.31. The summed E-state index contributed by atoms with van der Waals surface area (Å²) in [6.45, 7) is 0.820. The molecule has 8 heteroatoms. The van der Waals surface area contributed by atoms with Crippen LogP contribution in [0, 0.1) is 5.82 Å². The number of carbonyl (C=O) groups excluding carboxylic acids is 1. The molecule has 3 rings (SSSR count). The molecule has 0 radical (unpaired) electrons. The van der Waals surface area contributed by atoms with Crippen LogP contribution in [0.15, 0.2) is 24.4 Å². The highest BCUT2D eigenvalue weighted by Gasteiger charge is 2.32. The molecule has 1 atom stereocenters. The lowest BCUT2D eigenvalue weighted by Gasteiger charge is -2.35. The van der Waals surface area contributed by atoms with Crippen molar-refractivity contribution in [2.75, 3.05) is 37.5 Å². The molecule has 0 saturated carbocycles. The van der Waals surface area contributed by atoms with Crippen LogP contribution >= 0.6 is 0 Å². The zero-order valence-electron chi connectivity index (χ0n) is 14.7. The third-order valence-electron chi connectivity index (χ3n) is 4.19. The van der Waals surface area contributed by atoms with Gasteiger partial charge in [-0.25, -0.2) is 14.2 Å². The first-order chi connectivity index (χ1) is 11.9. The fraction of sp³-hybridized carbons (Fsp3) is 0.412. The fourth-order valence-corrected chi connectivity index (χ4v) is 2.93. The fourth-order valence-electron chi connectivity index (χ4n) is 2.93. The number of hydrogen-bond donors (Lipinski definition) is 0. The minimum absolute atomic E-state index is 0.313. The minimum atomic E-state index is -0.805. The van der Waals surface area contributed by atoms with Crippen molar-refractivity contribution in [3.8, 4) is 5.75 Å². The average Bonchev–Trinajstić information content (AvgIpc) is 2.94. The maximum Gasteiger partial charge on any atom is 0.348 e. The number of anilines is 2. The SMILES string of the molecule is COC(=O)C1CN(Cc2cnc(N(C)C)n2C)c2ccc(F)cc2O1. The summed E-state index contributed by atoms with van der Waals surface area (Å²) in [4.78, 5) is 20.2. The Morgan fingerprint density at radius 2 is 2.24 bits per heavy atom. The summed E-state index contributed by atoms with van der Waals surface area (Å²) in [5, 5.41) is 0. The molecule has 134 valence electrons. The molecule has 0 fully saturated rings. The van der Waals surface area contributed by atoms with Gasteiger partial charge in [0.2, 0.25) is 12.1 Å². The number of fused-ring (bicyclic) bond motifs is 1. The number of nitrogens with zero attached hydrogens (tertiary/aromatic N) is 4. The van der Waals surface area contributed by atoms with Crippen molar-refractivity contribution in [1.29, 1.82) is 0 Å². The number of aromatic nitrogens is 2. The van der Waals surface area contributed by atoms with Gasteiger partial charge in [0.1, 0.15) is 11.6 Å². The highest BCUT2D eigenvalue weighted by atomic mass is 19.1. The van der Waals surface area contributed by atoms with Gasteiger partial charge in [-0.2, -0.15) is 0 Å². The van der Waals surface area contributed by atoms with E-state index in [1.54, 1.807) is 12.3 Å². The first-order valence-corrected chi connectivity index (χ1v) is 7.87. The molecule has 1 unspecified atom stereocenters. The van der Waals surface area contributed by atoms with E-state index in [1.165, 1.54) is 19.2 Å². The van der Waals surface area contributed by atoms with E-state index in [4.69, 9.17) is 9.47 Å². The zero-order chi connectivity index (χ0) is 18.1. The lowest BCUT2D eigenvalue weighted by Crippen LogP contribution is -2.45. The number of ether oxygens (including phenoxy) is 2. The molecule has 0 bridgehead atoms. The topological polar surface area (TPSA) is 59.8 Å². The average molecular weight is 348 g/mol. The van der Waals surface area contributed by atoms with Crippen molar-refractivity contribution in [2.45, 2.75) is 12.6 Å². The quantitative estimate of drug-likeness (QED) is 0.782. The second-order valence-corrected chi connectivity index (χ2v) is 6.13. The number of imidazole rings is 1. The predicted octanol–water partition coefficient (Wildman–Crippen LogP) is 1.57. The normalized spacial score (nSPS) is 16.2.